The molecule has 2 rings (SSSR count). The van der Waals surface area contributed by atoms with E-state index in [-0.39, 0.29) is 18.1 Å². The van der Waals surface area contributed by atoms with E-state index in [9.17, 15) is 9.59 Å². The second-order valence-electron chi connectivity index (χ2n) is 7.18. The van der Waals surface area contributed by atoms with Gasteiger partial charge >= 0.3 is 12.1 Å². The lowest BCUT2D eigenvalue weighted by Crippen LogP contribution is -2.51. The van der Waals surface area contributed by atoms with Crippen LogP contribution in [0.4, 0.5) is 4.79 Å². The molecular weight excluding hydrogens is 286 g/mol. The van der Waals surface area contributed by atoms with Crippen molar-refractivity contribution in [3.8, 4) is 0 Å². The fraction of sp³-hybridized carbons (Fsp3) is 0.750. The number of fused-ring (bicyclic) bond motifs is 1. The topological polar surface area (TPSA) is 65.1 Å². The molecule has 1 aliphatic heterocycles. The standard InChI is InChI=1S/C16H25NO5/c1-10(18)20-12-9-7-8-11-13(12)21-16(5,6)17(11)14(19)22-15(2,3)4/h7,9,11-13H,8H2,1-6H3/t11-,12+,13-/m1/s1. The summed E-state index contributed by atoms with van der Waals surface area (Å²) in [5.74, 6) is -0.368. The zero-order chi connectivity index (χ0) is 16.7. The third kappa shape index (κ3) is 3.43. The summed E-state index contributed by atoms with van der Waals surface area (Å²) in [6.07, 6.45) is 3.10. The van der Waals surface area contributed by atoms with Gasteiger partial charge in [0.1, 0.15) is 23.5 Å². The highest BCUT2D eigenvalue weighted by atomic mass is 16.6. The van der Waals surface area contributed by atoms with Gasteiger partial charge in [0.15, 0.2) is 0 Å². The van der Waals surface area contributed by atoms with Gasteiger partial charge in [0.05, 0.1) is 6.04 Å². The summed E-state index contributed by atoms with van der Waals surface area (Å²) in [5.41, 5.74) is -1.40. The predicted molar refractivity (Wildman–Crippen MR) is 80.1 cm³/mol. The molecule has 1 saturated heterocycles. The Bertz CT molecular complexity index is 491. The van der Waals surface area contributed by atoms with E-state index in [2.05, 4.69) is 0 Å². The van der Waals surface area contributed by atoms with E-state index in [0.29, 0.717) is 6.42 Å². The van der Waals surface area contributed by atoms with Gasteiger partial charge < -0.3 is 14.2 Å². The first-order valence-corrected chi connectivity index (χ1v) is 7.55. The molecule has 0 aromatic heterocycles. The number of carbonyl (C=O) groups excluding carboxylic acids is 2. The molecule has 124 valence electrons. The molecule has 1 heterocycles. The molecule has 0 saturated carbocycles. The van der Waals surface area contributed by atoms with Crippen molar-refractivity contribution in [3.63, 3.8) is 0 Å². The predicted octanol–water partition coefficient (Wildman–Crippen LogP) is 2.62. The smallest absolute Gasteiger partial charge is 0.412 e. The average molecular weight is 311 g/mol. The van der Waals surface area contributed by atoms with Crippen LogP contribution in [0.25, 0.3) is 0 Å². The lowest BCUT2D eigenvalue weighted by Gasteiger charge is -2.35. The van der Waals surface area contributed by atoms with Gasteiger partial charge in [-0.1, -0.05) is 6.08 Å². The summed E-state index contributed by atoms with van der Waals surface area (Å²) in [6.45, 7) is 10.5. The minimum absolute atomic E-state index is 0.209. The molecule has 6 nitrogen and oxygen atoms in total. The summed E-state index contributed by atoms with van der Waals surface area (Å²) < 4.78 is 16.8. The van der Waals surface area contributed by atoms with Crippen LogP contribution in [0.5, 0.6) is 0 Å². The summed E-state index contributed by atoms with van der Waals surface area (Å²) in [7, 11) is 0. The maximum atomic E-state index is 12.6. The molecule has 0 bridgehead atoms. The van der Waals surface area contributed by atoms with Crippen molar-refractivity contribution >= 4 is 12.1 Å². The van der Waals surface area contributed by atoms with Gasteiger partial charge in [0, 0.05) is 6.92 Å². The Morgan fingerprint density at radius 3 is 2.50 bits per heavy atom. The SMILES string of the molecule is CC(=O)O[C@H]1C=CC[C@@H]2[C@H]1OC(C)(C)N2C(=O)OC(C)(C)C. The van der Waals surface area contributed by atoms with Gasteiger partial charge in [0.25, 0.3) is 0 Å². The Morgan fingerprint density at radius 1 is 1.32 bits per heavy atom. The number of hydrogen-bond donors (Lipinski definition) is 0. The number of nitrogens with zero attached hydrogens (tertiary/aromatic N) is 1. The Hall–Kier alpha value is -1.56. The number of ether oxygens (including phenoxy) is 3. The van der Waals surface area contributed by atoms with Gasteiger partial charge in [0.2, 0.25) is 0 Å². The van der Waals surface area contributed by atoms with E-state index in [0.717, 1.165) is 0 Å². The van der Waals surface area contributed by atoms with Crippen molar-refractivity contribution in [1.82, 2.24) is 4.90 Å². The lowest BCUT2D eigenvalue weighted by molar-refractivity contribution is -0.154. The summed E-state index contributed by atoms with van der Waals surface area (Å²) in [5, 5.41) is 0. The molecule has 0 aromatic carbocycles. The van der Waals surface area contributed by atoms with Crippen LogP contribution >= 0.6 is 0 Å². The maximum Gasteiger partial charge on any atom is 0.412 e. The van der Waals surface area contributed by atoms with Crippen molar-refractivity contribution in [1.29, 1.82) is 0 Å². The lowest BCUT2D eigenvalue weighted by atomic mass is 9.95. The van der Waals surface area contributed by atoms with Crippen molar-refractivity contribution in [3.05, 3.63) is 12.2 Å². The number of esters is 1. The summed E-state index contributed by atoms with van der Waals surface area (Å²) in [6, 6.07) is -0.209. The van der Waals surface area contributed by atoms with Gasteiger partial charge in [-0.15, -0.1) is 0 Å². The van der Waals surface area contributed by atoms with E-state index in [4.69, 9.17) is 14.2 Å². The fourth-order valence-corrected chi connectivity index (χ4v) is 2.97. The van der Waals surface area contributed by atoms with Crippen molar-refractivity contribution < 1.29 is 23.8 Å². The Kier molecular flexibility index (Phi) is 4.26. The van der Waals surface area contributed by atoms with Gasteiger partial charge in [-0.25, -0.2) is 4.79 Å². The van der Waals surface area contributed by atoms with Crippen LogP contribution in [0.2, 0.25) is 0 Å². The number of carbonyl (C=O) groups is 2. The van der Waals surface area contributed by atoms with Crippen LogP contribution in [-0.4, -0.2) is 46.5 Å². The molecule has 0 N–H and O–H groups in total. The molecule has 1 fully saturated rings. The monoisotopic (exact) mass is 311 g/mol. The number of amides is 1. The second kappa shape index (κ2) is 5.57. The molecule has 0 radical (unpaired) electrons. The largest absolute Gasteiger partial charge is 0.455 e. The fourth-order valence-electron chi connectivity index (χ4n) is 2.97. The van der Waals surface area contributed by atoms with Gasteiger partial charge in [-0.3, -0.25) is 9.69 Å². The van der Waals surface area contributed by atoms with Gasteiger partial charge in [-0.05, 0) is 47.1 Å². The Balaban J connectivity index is 2.23. The highest BCUT2D eigenvalue weighted by Crippen LogP contribution is 2.39. The van der Waals surface area contributed by atoms with Gasteiger partial charge in [-0.2, -0.15) is 0 Å². The first-order valence-electron chi connectivity index (χ1n) is 7.55. The minimum atomic E-state index is -0.817. The number of hydrogen-bond acceptors (Lipinski definition) is 5. The van der Waals surface area contributed by atoms with E-state index in [1.54, 1.807) is 4.90 Å². The van der Waals surface area contributed by atoms with Crippen LogP contribution in [-0.2, 0) is 19.0 Å². The van der Waals surface area contributed by atoms with E-state index in [1.165, 1.54) is 6.92 Å². The second-order valence-corrected chi connectivity index (χ2v) is 7.18. The van der Waals surface area contributed by atoms with Crippen molar-refractivity contribution in [2.75, 3.05) is 0 Å². The molecule has 2 aliphatic rings. The molecule has 0 unspecified atom stereocenters. The summed E-state index contributed by atoms with van der Waals surface area (Å²) >= 11 is 0. The van der Waals surface area contributed by atoms with Crippen LogP contribution in [0.1, 0.15) is 48.0 Å². The first-order chi connectivity index (χ1) is 10.0. The molecular formula is C16H25NO5. The Morgan fingerprint density at radius 2 is 1.95 bits per heavy atom. The molecule has 3 atom stereocenters. The van der Waals surface area contributed by atoms with E-state index in [1.807, 2.05) is 46.8 Å². The number of rotatable bonds is 1. The molecule has 0 aromatic rings. The minimum Gasteiger partial charge on any atom is -0.455 e. The molecule has 1 aliphatic carbocycles. The highest BCUT2D eigenvalue weighted by Gasteiger charge is 2.54. The molecule has 22 heavy (non-hydrogen) atoms. The molecule has 0 spiro atoms. The Labute approximate surface area is 131 Å². The normalized spacial score (nSPS) is 29.9. The van der Waals surface area contributed by atoms with E-state index >= 15 is 0 Å². The zero-order valence-corrected chi connectivity index (χ0v) is 14.1. The molecule has 1 amide bonds. The quantitative estimate of drug-likeness (QED) is 0.550. The maximum absolute atomic E-state index is 12.6. The first kappa shape index (κ1) is 16.8. The summed E-state index contributed by atoms with van der Waals surface area (Å²) in [4.78, 5) is 25.4. The average Bonchev–Trinajstić information content (AvgIpc) is 2.57. The third-order valence-electron chi connectivity index (χ3n) is 3.63. The van der Waals surface area contributed by atoms with Crippen LogP contribution < -0.4 is 0 Å². The van der Waals surface area contributed by atoms with Crippen LogP contribution in [0.3, 0.4) is 0 Å². The highest BCUT2D eigenvalue weighted by molar-refractivity contribution is 5.70. The van der Waals surface area contributed by atoms with Crippen molar-refractivity contribution in [2.24, 2.45) is 0 Å². The molecule has 6 heteroatoms. The van der Waals surface area contributed by atoms with Crippen molar-refractivity contribution in [2.45, 2.75) is 77.5 Å². The van der Waals surface area contributed by atoms with Crippen LogP contribution in [0, 0.1) is 0 Å². The van der Waals surface area contributed by atoms with E-state index < -0.39 is 23.5 Å². The third-order valence-corrected chi connectivity index (χ3v) is 3.63. The zero-order valence-electron chi connectivity index (χ0n) is 14.1. The van der Waals surface area contributed by atoms with Crippen LogP contribution in [0.15, 0.2) is 12.2 Å².